The van der Waals surface area contributed by atoms with E-state index in [-0.39, 0.29) is 12.5 Å². The van der Waals surface area contributed by atoms with Crippen molar-refractivity contribution < 1.29 is 14.1 Å². The van der Waals surface area contributed by atoms with Gasteiger partial charge in [0.05, 0.1) is 13.2 Å². The van der Waals surface area contributed by atoms with Gasteiger partial charge in [-0.25, -0.2) is 0 Å². The van der Waals surface area contributed by atoms with Gasteiger partial charge < -0.3 is 14.6 Å². The van der Waals surface area contributed by atoms with Crippen molar-refractivity contribution in [3.8, 4) is 17.1 Å². The van der Waals surface area contributed by atoms with Crippen molar-refractivity contribution in [3.63, 3.8) is 0 Å². The van der Waals surface area contributed by atoms with Crippen LogP contribution in [0.2, 0.25) is 5.02 Å². The minimum absolute atomic E-state index is 0.139. The Kier molecular flexibility index (Phi) is 6.81. The van der Waals surface area contributed by atoms with E-state index in [2.05, 4.69) is 22.4 Å². The van der Waals surface area contributed by atoms with Gasteiger partial charge >= 0.3 is 0 Å². The molecule has 1 heterocycles. The summed E-state index contributed by atoms with van der Waals surface area (Å²) >= 11 is 5.96. The summed E-state index contributed by atoms with van der Waals surface area (Å²) < 4.78 is 10.7. The number of hydrogen-bond donors (Lipinski definition) is 1. The molecule has 28 heavy (non-hydrogen) atoms. The number of rotatable bonds is 8. The maximum absolute atomic E-state index is 12.0. The summed E-state index contributed by atoms with van der Waals surface area (Å²) in [5.74, 6) is 1.30. The van der Waals surface area contributed by atoms with Gasteiger partial charge in [0.25, 0.3) is 0 Å². The van der Waals surface area contributed by atoms with Crippen LogP contribution >= 0.6 is 11.6 Å². The van der Waals surface area contributed by atoms with Crippen LogP contribution in [0.5, 0.6) is 5.75 Å². The zero-order valence-electron chi connectivity index (χ0n) is 15.4. The Morgan fingerprint density at radius 1 is 1.25 bits per heavy atom. The first kappa shape index (κ1) is 19.6. The molecule has 0 unspecified atom stereocenters. The number of ether oxygens (including phenoxy) is 1. The number of hydrogen-bond acceptors (Lipinski definition) is 5. The van der Waals surface area contributed by atoms with Crippen molar-refractivity contribution in [2.45, 2.75) is 19.9 Å². The van der Waals surface area contributed by atoms with Gasteiger partial charge in [-0.3, -0.25) is 4.79 Å². The quantitative estimate of drug-likeness (QED) is 0.566. The molecule has 0 aliphatic heterocycles. The summed E-state index contributed by atoms with van der Waals surface area (Å²) in [6, 6.07) is 14.7. The highest BCUT2D eigenvalue weighted by Crippen LogP contribution is 2.19. The minimum Gasteiger partial charge on any atom is -0.494 e. The topological polar surface area (TPSA) is 77.2 Å². The lowest BCUT2D eigenvalue weighted by molar-refractivity contribution is -0.116. The van der Waals surface area contributed by atoms with E-state index in [1.165, 1.54) is 6.08 Å². The third-order valence-corrected chi connectivity index (χ3v) is 3.98. The van der Waals surface area contributed by atoms with E-state index in [1.54, 1.807) is 18.2 Å². The van der Waals surface area contributed by atoms with E-state index in [0.717, 1.165) is 23.3 Å². The van der Waals surface area contributed by atoms with E-state index in [9.17, 15) is 4.79 Å². The summed E-state index contributed by atoms with van der Waals surface area (Å²) in [4.78, 5) is 16.2. The lowest BCUT2D eigenvalue weighted by Gasteiger charge is -2.04. The molecule has 0 atom stereocenters. The minimum atomic E-state index is -0.256. The Bertz CT molecular complexity index is 952. The smallest absolute Gasteiger partial charge is 0.246 e. The highest BCUT2D eigenvalue weighted by Gasteiger charge is 2.09. The normalized spacial score (nSPS) is 10.9. The van der Waals surface area contributed by atoms with E-state index >= 15 is 0 Å². The first-order valence-corrected chi connectivity index (χ1v) is 9.29. The van der Waals surface area contributed by atoms with Crippen molar-refractivity contribution in [2.24, 2.45) is 0 Å². The number of nitrogens with one attached hydrogen (secondary N) is 1. The first-order chi connectivity index (χ1) is 13.6. The van der Waals surface area contributed by atoms with Gasteiger partial charge in [-0.1, -0.05) is 47.9 Å². The Labute approximate surface area is 168 Å². The third-order valence-electron chi connectivity index (χ3n) is 3.74. The van der Waals surface area contributed by atoms with Gasteiger partial charge in [0.2, 0.25) is 17.6 Å². The van der Waals surface area contributed by atoms with Gasteiger partial charge in [0.1, 0.15) is 5.75 Å². The van der Waals surface area contributed by atoms with Crippen LogP contribution in [0.1, 0.15) is 24.8 Å². The number of carbonyl (C=O) groups excluding carboxylic acids is 1. The fraction of sp³-hybridized carbons (Fsp3) is 0.190. The predicted molar refractivity (Wildman–Crippen MR) is 108 cm³/mol. The molecule has 0 aliphatic carbocycles. The molecular weight excluding hydrogens is 378 g/mol. The van der Waals surface area contributed by atoms with Crippen molar-refractivity contribution >= 4 is 23.6 Å². The molecule has 0 saturated carbocycles. The Balaban J connectivity index is 1.51. The average Bonchev–Trinajstić information content (AvgIpc) is 3.19. The molecule has 0 aliphatic rings. The highest BCUT2D eigenvalue weighted by molar-refractivity contribution is 6.30. The maximum atomic E-state index is 12.0. The first-order valence-electron chi connectivity index (χ1n) is 8.91. The van der Waals surface area contributed by atoms with Crippen LogP contribution in [0, 0.1) is 0 Å². The summed E-state index contributed by atoms with van der Waals surface area (Å²) in [6.07, 6.45) is 4.14. The largest absolute Gasteiger partial charge is 0.494 e. The van der Waals surface area contributed by atoms with Crippen LogP contribution in [0.4, 0.5) is 0 Å². The molecule has 0 saturated heterocycles. The molecule has 2 aromatic carbocycles. The van der Waals surface area contributed by atoms with Gasteiger partial charge in [-0.2, -0.15) is 4.98 Å². The summed E-state index contributed by atoms with van der Waals surface area (Å²) in [5.41, 5.74) is 1.65. The highest BCUT2D eigenvalue weighted by atomic mass is 35.5. The van der Waals surface area contributed by atoms with Crippen LogP contribution in [0.25, 0.3) is 17.5 Å². The number of benzene rings is 2. The van der Waals surface area contributed by atoms with Crippen molar-refractivity contribution in [2.75, 3.05) is 6.61 Å². The molecule has 0 fully saturated rings. The third kappa shape index (κ3) is 5.69. The standard InChI is InChI=1S/C21H20ClN3O3/c1-2-12-27-18-9-6-15(7-10-18)8-11-19(26)23-14-20-24-21(25-28-20)16-4-3-5-17(22)13-16/h3-11,13H,2,12,14H2,1H3,(H,23,26). The Morgan fingerprint density at radius 3 is 2.82 bits per heavy atom. The van der Waals surface area contributed by atoms with E-state index in [0.29, 0.717) is 23.3 Å². The molecule has 1 N–H and O–H groups in total. The number of aromatic nitrogens is 2. The zero-order chi connectivity index (χ0) is 19.8. The maximum Gasteiger partial charge on any atom is 0.246 e. The Morgan fingerprint density at radius 2 is 2.07 bits per heavy atom. The molecule has 1 aromatic heterocycles. The van der Waals surface area contributed by atoms with Gasteiger partial charge in [0, 0.05) is 16.7 Å². The molecule has 144 valence electrons. The van der Waals surface area contributed by atoms with Gasteiger partial charge in [0.15, 0.2) is 0 Å². The van der Waals surface area contributed by atoms with Gasteiger partial charge in [-0.15, -0.1) is 0 Å². The number of nitrogens with zero attached hydrogens (tertiary/aromatic N) is 2. The molecule has 3 aromatic rings. The molecule has 1 amide bonds. The summed E-state index contributed by atoms with van der Waals surface area (Å²) in [7, 11) is 0. The molecular formula is C21H20ClN3O3. The van der Waals surface area contributed by atoms with Crippen molar-refractivity contribution in [1.82, 2.24) is 15.5 Å². The van der Waals surface area contributed by atoms with Crippen LogP contribution in [0.3, 0.4) is 0 Å². The Hall–Kier alpha value is -3.12. The van der Waals surface area contributed by atoms with Crippen molar-refractivity contribution in [1.29, 1.82) is 0 Å². The molecule has 7 heteroatoms. The predicted octanol–water partition coefficient (Wildman–Crippen LogP) is 4.51. The van der Waals surface area contributed by atoms with E-state index in [4.69, 9.17) is 20.9 Å². The zero-order valence-corrected chi connectivity index (χ0v) is 16.1. The lowest BCUT2D eigenvalue weighted by Crippen LogP contribution is -2.20. The van der Waals surface area contributed by atoms with Crippen LogP contribution in [0.15, 0.2) is 59.1 Å². The summed E-state index contributed by atoms with van der Waals surface area (Å²) in [5, 5.41) is 7.20. The second-order valence-electron chi connectivity index (χ2n) is 5.99. The monoisotopic (exact) mass is 397 g/mol. The number of halogens is 1. The summed E-state index contributed by atoms with van der Waals surface area (Å²) in [6.45, 7) is 2.88. The fourth-order valence-electron chi connectivity index (χ4n) is 2.36. The SMILES string of the molecule is CCCOc1ccc(C=CC(=O)NCc2nc(-c3cccc(Cl)c3)no2)cc1. The molecule has 0 radical (unpaired) electrons. The van der Waals surface area contributed by atoms with Gasteiger partial charge in [-0.05, 0) is 42.3 Å². The molecule has 0 spiro atoms. The second-order valence-corrected chi connectivity index (χ2v) is 6.43. The van der Waals surface area contributed by atoms with E-state index in [1.807, 2.05) is 36.4 Å². The molecule has 3 rings (SSSR count). The number of carbonyl (C=O) groups is 1. The van der Waals surface area contributed by atoms with Crippen LogP contribution < -0.4 is 10.1 Å². The fourth-order valence-corrected chi connectivity index (χ4v) is 2.55. The number of amides is 1. The van der Waals surface area contributed by atoms with E-state index < -0.39 is 0 Å². The lowest BCUT2D eigenvalue weighted by atomic mass is 10.2. The van der Waals surface area contributed by atoms with Crippen LogP contribution in [-0.4, -0.2) is 22.7 Å². The molecule has 0 bridgehead atoms. The second kappa shape index (κ2) is 9.71. The van der Waals surface area contributed by atoms with Crippen LogP contribution in [-0.2, 0) is 11.3 Å². The molecule has 6 nitrogen and oxygen atoms in total. The average molecular weight is 398 g/mol. The van der Waals surface area contributed by atoms with Crippen molar-refractivity contribution in [3.05, 3.63) is 71.1 Å².